The topological polar surface area (TPSA) is 129 Å². The lowest BCUT2D eigenvalue weighted by atomic mass is 9.93. The Labute approximate surface area is 289 Å². The van der Waals surface area contributed by atoms with Crippen LogP contribution in [0.3, 0.4) is 0 Å². The van der Waals surface area contributed by atoms with Crippen molar-refractivity contribution in [2.24, 2.45) is 11.5 Å². The molecule has 0 unspecified atom stereocenters. The van der Waals surface area contributed by atoms with Crippen molar-refractivity contribution in [3.63, 3.8) is 0 Å². The van der Waals surface area contributed by atoms with E-state index in [9.17, 15) is 13.0 Å². The molecule has 246 valence electrons. The summed E-state index contributed by atoms with van der Waals surface area (Å²) in [7, 11) is -4.77. The van der Waals surface area contributed by atoms with Crippen molar-refractivity contribution >= 4 is 50.3 Å². The molecular weight excluding hydrogens is 661 g/mol. The highest BCUT2D eigenvalue weighted by Gasteiger charge is 2.23. The van der Waals surface area contributed by atoms with E-state index in [0.717, 1.165) is 20.8 Å². The van der Waals surface area contributed by atoms with Crippen LogP contribution in [0, 0.1) is 0 Å². The summed E-state index contributed by atoms with van der Waals surface area (Å²) < 4.78 is 46.3. The van der Waals surface area contributed by atoms with Gasteiger partial charge in [0, 0.05) is 62.8 Å². The highest BCUT2D eigenvalue weighted by Crippen LogP contribution is 2.43. The number of rotatable bonds is 13. The van der Waals surface area contributed by atoms with Gasteiger partial charge in [-0.25, -0.2) is 13.0 Å². The highest BCUT2D eigenvalue weighted by atomic mass is 32.2. The van der Waals surface area contributed by atoms with Crippen molar-refractivity contribution in [1.29, 1.82) is 0 Å². The van der Waals surface area contributed by atoms with Gasteiger partial charge in [-0.15, -0.1) is 11.8 Å². The third-order valence-corrected chi connectivity index (χ3v) is 10.9. The maximum Gasteiger partial charge on any atom is 0.204 e. The zero-order valence-corrected chi connectivity index (χ0v) is 28.6. The number of hydrogen-bond acceptors (Lipinski definition) is 9. The van der Waals surface area contributed by atoms with Gasteiger partial charge in [0.2, 0.25) is 5.36 Å². The van der Waals surface area contributed by atoms with Gasteiger partial charge in [-0.1, -0.05) is 66.4 Å². The quantitative estimate of drug-likeness (QED) is 0.0484. The molecule has 1 aliphatic carbocycles. The van der Waals surface area contributed by atoms with E-state index < -0.39 is 10.1 Å². The third kappa shape index (κ3) is 7.78. The van der Waals surface area contributed by atoms with Crippen LogP contribution in [0.15, 0.2) is 140 Å². The SMILES string of the molecule is NCCN(CSc1ccccc1)c1ccc2c(-c3ccccc3S(=O)(=O)[O-])c3cc/c(=[N+](\CCN)CSc4ccccc4)cc-3oc2c1. The van der Waals surface area contributed by atoms with Gasteiger partial charge in [0.1, 0.15) is 21.5 Å². The van der Waals surface area contributed by atoms with Crippen molar-refractivity contribution in [2.45, 2.75) is 14.7 Å². The first kappa shape index (κ1) is 33.8. The lowest BCUT2D eigenvalue weighted by molar-refractivity contribution is 0.463. The van der Waals surface area contributed by atoms with Crippen LogP contribution in [-0.4, -0.2) is 50.9 Å². The first-order chi connectivity index (χ1) is 23.4. The molecule has 4 N–H and O–H groups in total. The molecule has 11 heteroatoms. The fourth-order valence-corrected chi connectivity index (χ4v) is 8.18. The van der Waals surface area contributed by atoms with Crippen LogP contribution in [0.1, 0.15) is 0 Å². The van der Waals surface area contributed by atoms with Crippen LogP contribution in [0.4, 0.5) is 5.69 Å². The van der Waals surface area contributed by atoms with Crippen molar-refractivity contribution in [1.82, 2.24) is 4.58 Å². The molecule has 2 aliphatic rings. The van der Waals surface area contributed by atoms with Gasteiger partial charge >= 0.3 is 0 Å². The molecule has 0 amide bonds. The molecule has 0 spiro atoms. The van der Waals surface area contributed by atoms with E-state index >= 15 is 0 Å². The molecule has 0 bridgehead atoms. The molecule has 0 saturated heterocycles. The molecule has 48 heavy (non-hydrogen) atoms. The molecule has 4 aromatic rings. The average molecular weight is 697 g/mol. The van der Waals surface area contributed by atoms with Gasteiger partial charge in [-0.2, -0.15) is 0 Å². The Morgan fingerprint density at radius 1 is 0.750 bits per heavy atom. The second kappa shape index (κ2) is 15.4. The summed E-state index contributed by atoms with van der Waals surface area (Å²) in [5.41, 5.74) is 15.2. The minimum absolute atomic E-state index is 0.278. The Morgan fingerprint density at radius 3 is 2.12 bits per heavy atom. The van der Waals surface area contributed by atoms with Crippen molar-refractivity contribution in [3.05, 3.63) is 127 Å². The van der Waals surface area contributed by atoms with E-state index in [4.69, 9.17) is 15.9 Å². The standard InChI is InChI=1S/C37H36N4O4S3/c38-19-21-40(25-46-29-9-3-1-4-10-29)27-15-17-31-34(23-27)45-35-24-28(41(22-20-39)26-47-30-11-5-2-6-12-30)16-18-32(35)37(31)33-13-7-8-14-36(33)48(42,43)44/h1-18,23-24H,19-22,25-26,38-39H2. The van der Waals surface area contributed by atoms with Crippen molar-refractivity contribution < 1.29 is 17.4 Å². The summed E-state index contributed by atoms with van der Waals surface area (Å²) in [5, 5.41) is 1.60. The molecule has 0 fully saturated rings. The van der Waals surface area contributed by atoms with E-state index in [1.165, 1.54) is 6.07 Å². The van der Waals surface area contributed by atoms with Crippen LogP contribution < -0.4 is 26.3 Å². The van der Waals surface area contributed by atoms with Crippen LogP contribution in [0.5, 0.6) is 0 Å². The molecule has 1 aliphatic heterocycles. The molecule has 0 radical (unpaired) electrons. The Kier molecular flexibility index (Phi) is 10.9. The predicted octanol–water partition coefficient (Wildman–Crippen LogP) is 6.10. The summed E-state index contributed by atoms with van der Waals surface area (Å²) in [4.78, 5) is 4.20. The number of nitrogens with two attached hydrogens (primary N) is 2. The number of anilines is 1. The van der Waals surface area contributed by atoms with E-state index in [1.807, 2.05) is 72.8 Å². The lowest BCUT2D eigenvalue weighted by Crippen LogP contribution is -2.34. The van der Waals surface area contributed by atoms with E-state index in [0.29, 0.717) is 71.4 Å². The Hall–Kier alpha value is -4.10. The number of nitrogens with zero attached hydrogens (tertiary/aromatic N) is 2. The normalized spacial score (nSPS) is 12.4. The molecule has 4 aromatic carbocycles. The first-order valence-electron chi connectivity index (χ1n) is 15.5. The van der Waals surface area contributed by atoms with Gasteiger partial charge in [-0.3, -0.25) is 0 Å². The van der Waals surface area contributed by atoms with Gasteiger partial charge < -0.3 is 25.3 Å². The minimum atomic E-state index is -4.77. The molecule has 8 nitrogen and oxygen atoms in total. The maximum absolute atomic E-state index is 12.5. The van der Waals surface area contributed by atoms with Gasteiger partial charge in [0.05, 0.1) is 23.4 Å². The predicted molar refractivity (Wildman–Crippen MR) is 196 cm³/mol. The zero-order valence-electron chi connectivity index (χ0n) is 26.2. The van der Waals surface area contributed by atoms with Crippen LogP contribution in [0.2, 0.25) is 0 Å². The number of hydrogen-bond donors (Lipinski definition) is 2. The van der Waals surface area contributed by atoms with E-state index in [1.54, 1.807) is 41.7 Å². The number of fused-ring (bicyclic) bond motifs is 2. The summed E-state index contributed by atoms with van der Waals surface area (Å²) in [6, 6.07) is 38.4. The highest BCUT2D eigenvalue weighted by molar-refractivity contribution is 7.99. The van der Waals surface area contributed by atoms with Crippen LogP contribution in [0.25, 0.3) is 33.4 Å². The first-order valence-corrected chi connectivity index (χ1v) is 18.9. The Bertz CT molecular complexity index is 2160. The monoisotopic (exact) mass is 696 g/mol. The molecule has 0 aromatic heterocycles. The molecular formula is C37H36N4O4S3. The van der Waals surface area contributed by atoms with Gasteiger partial charge in [0.15, 0.2) is 12.4 Å². The Balaban J connectivity index is 1.53. The smallest absolute Gasteiger partial charge is 0.204 e. The van der Waals surface area contributed by atoms with E-state index in [2.05, 4.69) is 33.7 Å². The zero-order chi connectivity index (χ0) is 33.5. The van der Waals surface area contributed by atoms with Crippen LogP contribution >= 0.6 is 23.5 Å². The minimum Gasteiger partial charge on any atom is -0.744 e. The summed E-state index contributed by atoms with van der Waals surface area (Å²) >= 11 is 3.42. The summed E-state index contributed by atoms with van der Waals surface area (Å²) in [5.74, 6) is 1.89. The molecule has 0 saturated carbocycles. The number of benzene rings is 5. The molecule has 0 atom stereocenters. The fourth-order valence-electron chi connectivity index (χ4n) is 5.63. The lowest BCUT2D eigenvalue weighted by Gasteiger charge is -2.25. The maximum atomic E-state index is 12.5. The average Bonchev–Trinajstić information content (AvgIpc) is 3.11. The largest absolute Gasteiger partial charge is 0.744 e. The van der Waals surface area contributed by atoms with Gasteiger partial charge in [0.25, 0.3) is 0 Å². The van der Waals surface area contributed by atoms with Crippen LogP contribution in [-0.2, 0) is 10.1 Å². The fraction of sp³-hybridized carbons (Fsp3) is 0.162. The van der Waals surface area contributed by atoms with Crippen molar-refractivity contribution in [3.8, 4) is 22.5 Å². The van der Waals surface area contributed by atoms with Gasteiger partial charge in [-0.05, 0) is 48.5 Å². The van der Waals surface area contributed by atoms with E-state index in [-0.39, 0.29) is 4.90 Å². The Morgan fingerprint density at radius 2 is 1.44 bits per heavy atom. The summed E-state index contributed by atoms with van der Waals surface area (Å²) in [6.45, 7) is 2.17. The number of thioether (sulfide) groups is 2. The third-order valence-electron chi connectivity index (χ3n) is 7.90. The second-order valence-corrected chi connectivity index (χ2v) is 14.5. The molecule has 6 rings (SSSR count). The van der Waals surface area contributed by atoms with Crippen molar-refractivity contribution in [2.75, 3.05) is 42.8 Å². The molecule has 1 heterocycles. The second-order valence-electron chi connectivity index (χ2n) is 11.1. The summed E-state index contributed by atoms with van der Waals surface area (Å²) in [6.07, 6.45) is 0.